The van der Waals surface area contributed by atoms with Crippen molar-refractivity contribution in [1.29, 1.82) is 0 Å². The first-order valence-electron chi connectivity index (χ1n) is 11.6. The molecule has 3 N–H and O–H groups in total. The van der Waals surface area contributed by atoms with Crippen molar-refractivity contribution in [2.75, 3.05) is 18.4 Å². The Morgan fingerprint density at radius 2 is 2.06 bits per heavy atom. The third-order valence-electron chi connectivity index (χ3n) is 6.93. The van der Waals surface area contributed by atoms with Crippen molar-refractivity contribution in [3.05, 3.63) is 47.3 Å². The molecule has 180 valence electrons. The average Bonchev–Trinajstić information content (AvgIpc) is 3.53. The van der Waals surface area contributed by atoms with Gasteiger partial charge < -0.3 is 10.4 Å². The van der Waals surface area contributed by atoms with Crippen LogP contribution < -0.4 is 5.32 Å². The first-order valence-corrected chi connectivity index (χ1v) is 13.1. The fourth-order valence-electron chi connectivity index (χ4n) is 4.94. The van der Waals surface area contributed by atoms with Crippen LogP contribution in [0.15, 0.2) is 35.6 Å². The summed E-state index contributed by atoms with van der Waals surface area (Å²) in [4.78, 5) is 8.61. The lowest BCUT2D eigenvalue weighted by Gasteiger charge is -2.25. The van der Waals surface area contributed by atoms with Crippen LogP contribution in [0.2, 0.25) is 0 Å². The normalized spacial score (nSPS) is 18.9. The molecule has 3 heterocycles. The smallest absolute Gasteiger partial charge is 0.278 e. The summed E-state index contributed by atoms with van der Waals surface area (Å²) in [7, 11) is -3.84. The fraction of sp³-hybridized carbons (Fsp3) is 0.458. The van der Waals surface area contributed by atoms with Crippen molar-refractivity contribution in [2.45, 2.75) is 57.2 Å². The van der Waals surface area contributed by atoms with E-state index in [1.54, 1.807) is 20.0 Å². The number of hydrogen-bond acceptors (Lipinski definition) is 7. The Bertz CT molecular complexity index is 1330. The number of nitrogens with one attached hydrogen (secondary N) is 2. The maximum absolute atomic E-state index is 13.2. The topological polar surface area (TPSA) is 124 Å². The maximum atomic E-state index is 13.2. The molecule has 0 unspecified atom stereocenters. The van der Waals surface area contributed by atoms with Gasteiger partial charge in [-0.25, -0.2) is 13.5 Å². The minimum absolute atomic E-state index is 0.124. The van der Waals surface area contributed by atoms with Crippen molar-refractivity contribution in [1.82, 2.24) is 24.5 Å². The van der Waals surface area contributed by atoms with Crippen molar-refractivity contribution in [3.8, 4) is 11.1 Å². The molecule has 0 radical (unpaired) electrons. The van der Waals surface area contributed by atoms with Gasteiger partial charge in [0.1, 0.15) is 0 Å². The molecule has 1 aromatic carbocycles. The Morgan fingerprint density at radius 3 is 2.79 bits per heavy atom. The molecule has 1 fully saturated rings. The standard InChI is InChI=1S/C24H30N6O3S/c1-15-13-17(9-11-25-15)20-8-7-16-5-4-6-19(16)21(20)26-22-27-23(29-28-22)34(32,33)30-12-10-18(14-30)24(2,3)31/h7-9,11,13,18,31H,4-6,10,12,14H2,1-3H3,(H2,26,27,28,29)/t18-/m0/s1. The number of anilines is 2. The Morgan fingerprint density at radius 1 is 1.24 bits per heavy atom. The van der Waals surface area contributed by atoms with Gasteiger partial charge in [0.05, 0.1) is 11.3 Å². The molecule has 9 nitrogen and oxygen atoms in total. The van der Waals surface area contributed by atoms with Crippen LogP contribution in [-0.2, 0) is 22.9 Å². The Kier molecular flexibility index (Phi) is 5.70. The second kappa shape index (κ2) is 8.44. The highest BCUT2D eigenvalue weighted by Crippen LogP contribution is 2.39. The molecule has 0 bridgehead atoms. The van der Waals surface area contributed by atoms with Gasteiger partial charge in [-0.2, -0.15) is 9.29 Å². The summed E-state index contributed by atoms with van der Waals surface area (Å²) in [5.74, 6) is 0.0882. The van der Waals surface area contributed by atoms with Gasteiger partial charge in [0.25, 0.3) is 15.2 Å². The van der Waals surface area contributed by atoms with Crippen molar-refractivity contribution in [2.24, 2.45) is 5.92 Å². The molecule has 0 amide bonds. The minimum Gasteiger partial charge on any atom is -0.390 e. The summed E-state index contributed by atoms with van der Waals surface area (Å²) < 4.78 is 27.7. The zero-order valence-electron chi connectivity index (χ0n) is 19.7. The van der Waals surface area contributed by atoms with E-state index in [4.69, 9.17) is 0 Å². The molecule has 1 atom stereocenters. The average molecular weight is 483 g/mol. The largest absolute Gasteiger partial charge is 0.390 e. The van der Waals surface area contributed by atoms with Crippen LogP contribution in [0.5, 0.6) is 0 Å². The lowest BCUT2D eigenvalue weighted by Crippen LogP contribution is -2.35. The molecule has 1 aliphatic heterocycles. The lowest BCUT2D eigenvalue weighted by molar-refractivity contribution is 0.0236. The summed E-state index contributed by atoms with van der Waals surface area (Å²) in [5, 5.41) is 20.2. The number of aliphatic hydroxyl groups is 1. The maximum Gasteiger partial charge on any atom is 0.278 e. The van der Waals surface area contributed by atoms with Crippen LogP contribution in [0.4, 0.5) is 11.6 Å². The van der Waals surface area contributed by atoms with Gasteiger partial charge in [0.15, 0.2) is 0 Å². The number of nitrogens with zero attached hydrogens (tertiary/aromatic N) is 4. The van der Waals surface area contributed by atoms with E-state index in [0.29, 0.717) is 13.0 Å². The minimum atomic E-state index is -3.84. The van der Waals surface area contributed by atoms with Gasteiger partial charge in [0, 0.05) is 36.5 Å². The number of rotatable bonds is 6. The summed E-state index contributed by atoms with van der Waals surface area (Å²) >= 11 is 0. The molecule has 2 aliphatic rings. The monoisotopic (exact) mass is 482 g/mol. The molecule has 1 aliphatic carbocycles. The molecule has 10 heteroatoms. The first kappa shape index (κ1) is 22.9. The van der Waals surface area contributed by atoms with Gasteiger partial charge in [-0.05, 0) is 75.3 Å². The van der Waals surface area contributed by atoms with Gasteiger partial charge in [-0.15, -0.1) is 5.10 Å². The quantitative estimate of drug-likeness (QED) is 0.493. The van der Waals surface area contributed by atoms with Crippen LogP contribution in [0.25, 0.3) is 11.1 Å². The molecule has 2 aromatic heterocycles. The van der Waals surface area contributed by atoms with Crippen molar-refractivity contribution >= 4 is 21.7 Å². The summed E-state index contributed by atoms with van der Waals surface area (Å²) in [6.07, 6.45) is 5.43. The number of aromatic nitrogens is 4. The van der Waals surface area contributed by atoms with E-state index in [2.05, 4.69) is 37.6 Å². The number of sulfonamides is 1. The highest BCUT2D eigenvalue weighted by molar-refractivity contribution is 7.89. The molecule has 0 spiro atoms. The fourth-order valence-corrected chi connectivity index (χ4v) is 6.27. The van der Waals surface area contributed by atoms with Crippen LogP contribution in [-0.4, -0.2) is 56.7 Å². The highest BCUT2D eigenvalue weighted by Gasteiger charge is 2.40. The predicted octanol–water partition coefficient (Wildman–Crippen LogP) is 3.19. The number of fused-ring (bicyclic) bond motifs is 1. The zero-order chi connectivity index (χ0) is 24.1. The molecule has 0 saturated carbocycles. The van der Waals surface area contributed by atoms with E-state index in [9.17, 15) is 13.5 Å². The second-order valence-corrected chi connectivity index (χ2v) is 11.6. The van der Waals surface area contributed by atoms with Crippen molar-refractivity contribution in [3.63, 3.8) is 0 Å². The van der Waals surface area contributed by atoms with Gasteiger partial charge in [-0.3, -0.25) is 4.98 Å². The third kappa shape index (κ3) is 4.21. The second-order valence-electron chi connectivity index (χ2n) is 9.76. The molecular formula is C24H30N6O3S. The van der Waals surface area contributed by atoms with Crippen LogP contribution in [0, 0.1) is 12.8 Å². The third-order valence-corrected chi connectivity index (χ3v) is 8.61. The van der Waals surface area contributed by atoms with E-state index < -0.39 is 15.6 Å². The van der Waals surface area contributed by atoms with E-state index in [1.165, 1.54) is 15.4 Å². The molecule has 34 heavy (non-hydrogen) atoms. The van der Waals surface area contributed by atoms with Crippen LogP contribution in [0.1, 0.15) is 43.5 Å². The van der Waals surface area contributed by atoms with E-state index in [0.717, 1.165) is 41.8 Å². The number of pyridine rings is 1. The number of aromatic amines is 1. The molecule has 5 rings (SSSR count). The predicted molar refractivity (Wildman–Crippen MR) is 129 cm³/mol. The number of H-pyrrole nitrogens is 1. The summed E-state index contributed by atoms with van der Waals surface area (Å²) in [6.45, 7) is 5.98. The van der Waals surface area contributed by atoms with E-state index in [-0.39, 0.29) is 23.6 Å². The van der Waals surface area contributed by atoms with Crippen LogP contribution in [0.3, 0.4) is 0 Å². The summed E-state index contributed by atoms with van der Waals surface area (Å²) in [5.41, 5.74) is 5.44. The zero-order valence-corrected chi connectivity index (χ0v) is 20.5. The van der Waals surface area contributed by atoms with Crippen molar-refractivity contribution < 1.29 is 13.5 Å². The number of hydrogen-bond donors (Lipinski definition) is 3. The highest BCUT2D eigenvalue weighted by atomic mass is 32.2. The Hall–Kier alpha value is -2.82. The summed E-state index contributed by atoms with van der Waals surface area (Å²) in [6, 6.07) is 8.25. The van der Waals surface area contributed by atoms with E-state index >= 15 is 0 Å². The number of benzene rings is 1. The van der Waals surface area contributed by atoms with E-state index in [1.807, 2.05) is 19.1 Å². The molecule has 1 saturated heterocycles. The van der Waals surface area contributed by atoms with Crippen LogP contribution >= 0.6 is 0 Å². The Balaban J connectivity index is 1.45. The lowest BCUT2D eigenvalue weighted by atomic mass is 9.91. The number of aryl methyl sites for hydroxylation is 2. The molecule has 3 aromatic rings. The van der Waals surface area contributed by atoms with Gasteiger partial charge >= 0.3 is 0 Å². The Labute approximate surface area is 199 Å². The SMILES string of the molecule is Cc1cc(-c2ccc3c(c2Nc2n[nH]c(S(=O)(=O)N4CC[C@H](C(C)(C)O)C4)n2)CCC3)ccn1. The van der Waals surface area contributed by atoms with Gasteiger partial charge in [-0.1, -0.05) is 12.1 Å². The van der Waals surface area contributed by atoms with Gasteiger partial charge in [0.2, 0.25) is 5.95 Å². The molecular weight excluding hydrogens is 452 g/mol. The first-order chi connectivity index (χ1) is 16.1.